The normalized spacial score (nSPS) is 14.2. The van der Waals surface area contributed by atoms with Crippen molar-refractivity contribution in [2.24, 2.45) is 0 Å². The first-order valence-electron chi connectivity index (χ1n) is 3.04. The molecule has 0 spiro atoms. The average molecular weight is 215 g/mol. The van der Waals surface area contributed by atoms with Crippen LogP contribution in [0.1, 0.15) is 6.42 Å². The van der Waals surface area contributed by atoms with Gasteiger partial charge in [0.2, 0.25) is 0 Å². The molecule has 4 N–H and O–H groups in total. The van der Waals surface area contributed by atoms with Crippen LogP contribution in [0, 0.1) is 0 Å². The highest BCUT2D eigenvalue weighted by molar-refractivity contribution is 7.80. The van der Waals surface area contributed by atoms with Crippen molar-refractivity contribution in [3.63, 3.8) is 0 Å². The molecule has 0 amide bonds. The quantitative estimate of drug-likeness (QED) is 0.311. The first-order valence-corrected chi connectivity index (χ1v) is 5.28. The van der Waals surface area contributed by atoms with Crippen molar-refractivity contribution in [3.8, 4) is 0 Å². The summed E-state index contributed by atoms with van der Waals surface area (Å²) >= 11 is 3.75. The van der Waals surface area contributed by atoms with Crippen LogP contribution in [0.25, 0.3) is 0 Å². The Balaban J connectivity index is 4.14. The monoisotopic (exact) mass is 215 g/mol. The molecule has 0 aromatic rings. The zero-order valence-electron chi connectivity index (χ0n) is 6.04. The average Bonchev–Trinajstić information content (AvgIpc) is 1.83. The van der Waals surface area contributed by atoms with Gasteiger partial charge in [0, 0.05) is 0 Å². The number of carboxylic acids is 1. The summed E-state index contributed by atoms with van der Waals surface area (Å²) in [6.07, 6.45) is 0.0591. The second kappa shape index (κ2) is 4.84. The number of carbonyl (C=O) groups is 1. The first-order chi connectivity index (χ1) is 5.37. The van der Waals surface area contributed by atoms with Crippen LogP contribution >= 0.6 is 20.4 Å². The summed E-state index contributed by atoms with van der Waals surface area (Å²) in [4.78, 5) is 27.1. The maximum absolute atomic E-state index is 10.3. The molecule has 72 valence electrons. The van der Waals surface area contributed by atoms with Crippen molar-refractivity contribution < 1.29 is 24.3 Å². The topological polar surface area (TPSA) is 107 Å². The van der Waals surface area contributed by atoms with Gasteiger partial charge >= 0.3 is 13.7 Å². The minimum absolute atomic E-state index is 0.0591. The van der Waals surface area contributed by atoms with Crippen LogP contribution in [0.2, 0.25) is 0 Å². The third-order valence-corrected chi connectivity index (χ3v) is 1.95. The van der Waals surface area contributed by atoms with Gasteiger partial charge in [-0.15, -0.1) is 0 Å². The molecule has 1 atom stereocenters. The van der Waals surface area contributed by atoms with Crippen LogP contribution in [0.15, 0.2) is 0 Å². The maximum atomic E-state index is 10.3. The van der Waals surface area contributed by atoms with E-state index < -0.39 is 19.8 Å². The fourth-order valence-electron chi connectivity index (χ4n) is 0.575. The third-order valence-electron chi connectivity index (χ3n) is 1.04. The molecule has 8 heteroatoms. The van der Waals surface area contributed by atoms with E-state index in [-0.39, 0.29) is 12.2 Å². The van der Waals surface area contributed by atoms with E-state index >= 15 is 0 Å². The number of hydrogen-bond acceptors (Lipinski definition) is 3. The molecule has 0 aliphatic heterocycles. The van der Waals surface area contributed by atoms with Crippen LogP contribution in [0.4, 0.5) is 0 Å². The standard InChI is InChI=1S/C4H10NO5PS/c6-4(7)3(1-2-12)5-11(8,9)10/h3,12H,1-2H2,(H,6,7)(H3,5,8,9,10)/t3-/m0/s1. The van der Waals surface area contributed by atoms with E-state index in [2.05, 4.69) is 12.6 Å². The molecule has 0 bridgehead atoms. The van der Waals surface area contributed by atoms with Crippen molar-refractivity contribution in [2.45, 2.75) is 12.5 Å². The molecule has 0 saturated carbocycles. The summed E-state index contributed by atoms with van der Waals surface area (Å²) in [5.41, 5.74) is 0. The van der Waals surface area contributed by atoms with Gasteiger partial charge in [-0.05, 0) is 12.2 Å². The van der Waals surface area contributed by atoms with Gasteiger partial charge in [-0.3, -0.25) is 4.79 Å². The SMILES string of the molecule is O=C(O)[C@H](CCS)NP(=O)(O)O. The summed E-state index contributed by atoms with van der Waals surface area (Å²) in [7, 11) is -4.47. The van der Waals surface area contributed by atoms with Gasteiger partial charge in [0.1, 0.15) is 6.04 Å². The third kappa shape index (κ3) is 5.56. The largest absolute Gasteiger partial charge is 0.480 e. The number of nitrogens with one attached hydrogen (secondary N) is 1. The van der Waals surface area contributed by atoms with Crippen LogP contribution < -0.4 is 5.09 Å². The molecule has 0 aliphatic rings. The second-order valence-electron chi connectivity index (χ2n) is 2.08. The lowest BCUT2D eigenvalue weighted by molar-refractivity contribution is -0.139. The number of aliphatic carboxylic acids is 1. The van der Waals surface area contributed by atoms with E-state index in [9.17, 15) is 9.36 Å². The van der Waals surface area contributed by atoms with E-state index in [4.69, 9.17) is 14.9 Å². The number of thiol groups is 1. The molecule has 0 rings (SSSR count). The van der Waals surface area contributed by atoms with Crippen LogP contribution in [0.5, 0.6) is 0 Å². The smallest absolute Gasteiger partial charge is 0.401 e. The molecular weight excluding hydrogens is 205 g/mol. The minimum atomic E-state index is -4.47. The Morgan fingerprint density at radius 3 is 2.33 bits per heavy atom. The van der Waals surface area contributed by atoms with Gasteiger partial charge in [0.05, 0.1) is 0 Å². The lowest BCUT2D eigenvalue weighted by Gasteiger charge is -2.13. The summed E-state index contributed by atoms with van der Waals surface area (Å²) in [6.45, 7) is 0. The number of hydrogen-bond donors (Lipinski definition) is 5. The highest BCUT2D eigenvalue weighted by atomic mass is 32.1. The maximum Gasteiger partial charge on any atom is 0.401 e. The van der Waals surface area contributed by atoms with E-state index in [0.29, 0.717) is 0 Å². The lowest BCUT2D eigenvalue weighted by Crippen LogP contribution is -2.34. The lowest BCUT2D eigenvalue weighted by atomic mass is 10.2. The van der Waals surface area contributed by atoms with Gasteiger partial charge < -0.3 is 14.9 Å². The molecule has 0 fully saturated rings. The van der Waals surface area contributed by atoms with E-state index in [1.165, 1.54) is 0 Å². The van der Waals surface area contributed by atoms with Gasteiger partial charge in [0.15, 0.2) is 0 Å². The van der Waals surface area contributed by atoms with E-state index in [1.54, 1.807) is 5.09 Å². The molecule has 0 aliphatic carbocycles. The summed E-state index contributed by atoms with van der Waals surface area (Å²) < 4.78 is 10.3. The zero-order valence-corrected chi connectivity index (χ0v) is 7.83. The fourth-order valence-corrected chi connectivity index (χ4v) is 1.48. The van der Waals surface area contributed by atoms with Crippen LogP contribution in [-0.4, -0.2) is 32.7 Å². The van der Waals surface area contributed by atoms with Crippen molar-refractivity contribution in [1.29, 1.82) is 0 Å². The molecule has 0 radical (unpaired) electrons. The first kappa shape index (κ1) is 11.9. The Labute approximate surface area is 74.6 Å². The van der Waals surface area contributed by atoms with Crippen molar-refractivity contribution >= 4 is 26.3 Å². The Morgan fingerprint density at radius 2 is 2.08 bits per heavy atom. The molecule has 12 heavy (non-hydrogen) atoms. The second-order valence-corrected chi connectivity index (χ2v) is 3.87. The van der Waals surface area contributed by atoms with Gasteiger partial charge in [-0.1, -0.05) is 0 Å². The van der Waals surface area contributed by atoms with Gasteiger partial charge in [-0.25, -0.2) is 9.65 Å². The summed E-state index contributed by atoms with van der Waals surface area (Å²) in [6, 6.07) is -1.25. The molecule has 0 heterocycles. The highest BCUT2D eigenvalue weighted by Gasteiger charge is 2.24. The minimum Gasteiger partial charge on any atom is -0.480 e. The fraction of sp³-hybridized carbons (Fsp3) is 0.750. The Bertz CT molecular complexity index is 204. The van der Waals surface area contributed by atoms with Crippen molar-refractivity contribution in [1.82, 2.24) is 5.09 Å². The molecule has 0 aromatic heterocycles. The highest BCUT2D eigenvalue weighted by Crippen LogP contribution is 2.29. The predicted molar refractivity (Wildman–Crippen MR) is 45.1 cm³/mol. The Hall–Kier alpha value is -0.0700. The van der Waals surface area contributed by atoms with Gasteiger partial charge in [-0.2, -0.15) is 12.6 Å². The van der Waals surface area contributed by atoms with E-state index in [0.717, 1.165) is 0 Å². The molecular formula is C4H10NO5PS. The number of rotatable bonds is 5. The summed E-state index contributed by atoms with van der Waals surface area (Å²) in [5.74, 6) is -1.06. The molecule has 0 unspecified atom stereocenters. The number of carboxylic acid groups (broad SMARTS) is 1. The van der Waals surface area contributed by atoms with Crippen molar-refractivity contribution in [2.75, 3.05) is 5.75 Å². The van der Waals surface area contributed by atoms with Gasteiger partial charge in [0.25, 0.3) is 0 Å². The van der Waals surface area contributed by atoms with Crippen LogP contribution in [-0.2, 0) is 9.36 Å². The zero-order chi connectivity index (χ0) is 9.78. The van der Waals surface area contributed by atoms with E-state index in [1.807, 2.05) is 0 Å². The summed E-state index contributed by atoms with van der Waals surface area (Å²) in [5, 5.41) is 10.1. The predicted octanol–water partition coefficient (Wildman–Crippen LogP) is -0.558. The molecule has 6 nitrogen and oxygen atoms in total. The Morgan fingerprint density at radius 1 is 1.58 bits per heavy atom. The molecule has 0 aromatic carbocycles. The molecule has 0 saturated heterocycles. The van der Waals surface area contributed by atoms with Crippen molar-refractivity contribution in [3.05, 3.63) is 0 Å². The Kier molecular flexibility index (Phi) is 4.81. The van der Waals surface area contributed by atoms with Crippen LogP contribution in [0.3, 0.4) is 0 Å².